The minimum atomic E-state index is -1.02. The monoisotopic (exact) mass is 294 g/mol. The van der Waals surface area contributed by atoms with Gasteiger partial charge in [0.25, 0.3) is 11.6 Å². The van der Waals surface area contributed by atoms with Crippen LogP contribution in [0.5, 0.6) is 0 Å². The molecular formula is C12H14N4O5. The molecule has 1 aromatic heterocycles. The SMILES string of the molecule is NC(=O)c1cc([N+](=O)[O-])cnc1N1CCCCC1C(=O)O. The predicted octanol–water partition coefficient (Wildman–Crippen LogP) is 0.532. The number of anilines is 1. The first kappa shape index (κ1) is 14.7. The van der Waals surface area contributed by atoms with Crippen molar-refractivity contribution in [2.45, 2.75) is 25.3 Å². The molecule has 1 unspecified atom stereocenters. The molecule has 0 radical (unpaired) electrons. The molecule has 3 N–H and O–H groups in total. The number of amides is 1. The molecule has 0 saturated carbocycles. The number of nitrogens with two attached hydrogens (primary N) is 1. The van der Waals surface area contributed by atoms with Crippen LogP contribution in [0.2, 0.25) is 0 Å². The molecule has 2 rings (SSSR count). The van der Waals surface area contributed by atoms with Crippen molar-refractivity contribution in [3.63, 3.8) is 0 Å². The molecule has 0 aliphatic carbocycles. The van der Waals surface area contributed by atoms with E-state index in [0.717, 1.165) is 25.1 Å². The summed E-state index contributed by atoms with van der Waals surface area (Å²) >= 11 is 0. The fourth-order valence-electron chi connectivity index (χ4n) is 2.40. The fourth-order valence-corrected chi connectivity index (χ4v) is 2.40. The van der Waals surface area contributed by atoms with Gasteiger partial charge < -0.3 is 15.7 Å². The number of pyridine rings is 1. The minimum absolute atomic E-state index is 0.0835. The summed E-state index contributed by atoms with van der Waals surface area (Å²) in [5.41, 5.74) is 4.73. The largest absolute Gasteiger partial charge is 0.480 e. The van der Waals surface area contributed by atoms with Crippen LogP contribution in [0.15, 0.2) is 12.3 Å². The lowest BCUT2D eigenvalue weighted by molar-refractivity contribution is -0.385. The molecular weight excluding hydrogens is 280 g/mol. The number of primary amides is 1. The minimum Gasteiger partial charge on any atom is -0.480 e. The average Bonchev–Trinajstić information content (AvgIpc) is 2.46. The summed E-state index contributed by atoms with van der Waals surface area (Å²) in [6.07, 6.45) is 2.93. The maximum absolute atomic E-state index is 11.5. The molecule has 1 aliphatic rings. The van der Waals surface area contributed by atoms with E-state index in [-0.39, 0.29) is 17.1 Å². The van der Waals surface area contributed by atoms with Gasteiger partial charge in [-0.15, -0.1) is 0 Å². The van der Waals surface area contributed by atoms with Gasteiger partial charge in [0.15, 0.2) is 0 Å². The second-order valence-electron chi connectivity index (χ2n) is 4.73. The summed E-state index contributed by atoms with van der Waals surface area (Å²) in [4.78, 5) is 38.2. The van der Waals surface area contributed by atoms with Crippen LogP contribution in [0.1, 0.15) is 29.6 Å². The van der Waals surface area contributed by atoms with Crippen LogP contribution in [0.3, 0.4) is 0 Å². The van der Waals surface area contributed by atoms with Gasteiger partial charge in [0.05, 0.1) is 10.5 Å². The highest BCUT2D eigenvalue weighted by Gasteiger charge is 2.32. The molecule has 2 heterocycles. The van der Waals surface area contributed by atoms with Crippen LogP contribution in [0, 0.1) is 10.1 Å². The van der Waals surface area contributed by atoms with E-state index >= 15 is 0 Å². The lowest BCUT2D eigenvalue weighted by Crippen LogP contribution is -2.46. The third-order valence-corrected chi connectivity index (χ3v) is 3.39. The van der Waals surface area contributed by atoms with Crippen LogP contribution < -0.4 is 10.6 Å². The van der Waals surface area contributed by atoms with E-state index in [0.29, 0.717) is 13.0 Å². The summed E-state index contributed by atoms with van der Waals surface area (Å²) in [7, 11) is 0. The first-order valence-electron chi connectivity index (χ1n) is 6.35. The molecule has 112 valence electrons. The van der Waals surface area contributed by atoms with E-state index in [1.807, 2.05) is 0 Å². The second kappa shape index (κ2) is 5.73. The van der Waals surface area contributed by atoms with Crippen molar-refractivity contribution < 1.29 is 19.6 Å². The maximum Gasteiger partial charge on any atom is 0.326 e. The molecule has 9 heteroatoms. The van der Waals surface area contributed by atoms with Crippen molar-refractivity contribution in [3.8, 4) is 0 Å². The number of aromatic nitrogens is 1. The van der Waals surface area contributed by atoms with Crippen LogP contribution in [0.25, 0.3) is 0 Å². The van der Waals surface area contributed by atoms with Gasteiger partial charge in [-0.05, 0) is 19.3 Å². The summed E-state index contributed by atoms with van der Waals surface area (Å²) in [6, 6.07) is 0.212. The van der Waals surface area contributed by atoms with Crippen molar-refractivity contribution in [3.05, 3.63) is 27.9 Å². The van der Waals surface area contributed by atoms with Crippen molar-refractivity contribution >= 4 is 23.4 Å². The molecule has 1 aliphatic heterocycles. The average molecular weight is 294 g/mol. The van der Waals surface area contributed by atoms with E-state index in [2.05, 4.69) is 4.98 Å². The molecule has 1 atom stereocenters. The molecule has 9 nitrogen and oxygen atoms in total. The molecule has 21 heavy (non-hydrogen) atoms. The number of carbonyl (C=O) groups is 2. The summed E-state index contributed by atoms with van der Waals surface area (Å²) in [6.45, 7) is 0.405. The predicted molar refractivity (Wildman–Crippen MR) is 72.0 cm³/mol. The number of carbonyl (C=O) groups excluding carboxylic acids is 1. The zero-order chi connectivity index (χ0) is 15.6. The van der Waals surface area contributed by atoms with E-state index in [1.54, 1.807) is 0 Å². The van der Waals surface area contributed by atoms with Crippen molar-refractivity contribution in [1.82, 2.24) is 4.98 Å². The van der Waals surface area contributed by atoms with Gasteiger partial charge in [-0.2, -0.15) is 0 Å². The Kier molecular flexibility index (Phi) is 4.01. The molecule has 0 bridgehead atoms. The first-order chi connectivity index (χ1) is 9.91. The summed E-state index contributed by atoms with van der Waals surface area (Å²) < 4.78 is 0. The summed E-state index contributed by atoms with van der Waals surface area (Å²) in [5, 5.41) is 20.0. The number of hydrogen-bond donors (Lipinski definition) is 2. The number of hydrogen-bond acceptors (Lipinski definition) is 6. The van der Waals surface area contributed by atoms with Crippen molar-refractivity contribution in [2.75, 3.05) is 11.4 Å². The van der Waals surface area contributed by atoms with Crippen LogP contribution in [-0.4, -0.2) is 39.5 Å². The smallest absolute Gasteiger partial charge is 0.326 e. The maximum atomic E-state index is 11.5. The normalized spacial score (nSPS) is 18.3. The molecule has 1 saturated heterocycles. The highest BCUT2D eigenvalue weighted by Crippen LogP contribution is 2.28. The molecule has 1 amide bonds. The third-order valence-electron chi connectivity index (χ3n) is 3.39. The zero-order valence-electron chi connectivity index (χ0n) is 11.1. The van der Waals surface area contributed by atoms with Gasteiger partial charge in [-0.25, -0.2) is 9.78 Å². The standard InChI is InChI=1S/C12H14N4O5/c13-10(17)8-5-7(16(20)21)6-14-11(8)15-4-2-1-3-9(15)12(18)19/h5-6,9H,1-4H2,(H2,13,17)(H,18,19). The van der Waals surface area contributed by atoms with E-state index in [1.165, 1.54) is 4.90 Å². The number of carboxylic acid groups (broad SMARTS) is 1. The number of aliphatic carboxylic acids is 1. The van der Waals surface area contributed by atoms with E-state index < -0.39 is 22.8 Å². The van der Waals surface area contributed by atoms with E-state index in [4.69, 9.17) is 5.73 Å². The Morgan fingerprint density at radius 3 is 2.76 bits per heavy atom. The zero-order valence-corrected chi connectivity index (χ0v) is 11.1. The van der Waals surface area contributed by atoms with Gasteiger partial charge in [0.2, 0.25) is 0 Å². The highest BCUT2D eigenvalue weighted by atomic mass is 16.6. The van der Waals surface area contributed by atoms with Gasteiger partial charge in [-0.1, -0.05) is 0 Å². The van der Waals surface area contributed by atoms with Crippen LogP contribution >= 0.6 is 0 Å². The van der Waals surface area contributed by atoms with Crippen LogP contribution in [0.4, 0.5) is 11.5 Å². The third kappa shape index (κ3) is 2.91. The molecule has 0 aromatic carbocycles. The quantitative estimate of drug-likeness (QED) is 0.609. The second-order valence-corrected chi connectivity index (χ2v) is 4.73. The first-order valence-corrected chi connectivity index (χ1v) is 6.35. The number of rotatable bonds is 4. The molecule has 0 spiro atoms. The van der Waals surface area contributed by atoms with Crippen molar-refractivity contribution in [2.24, 2.45) is 5.73 Å². The van der Waals surface area contributed by atoms with Gasteiger partial charge in [0, 0.05) is 12.6 Å². The topological polar surface area (TPSA) is 140 Å². The summed E-state index contributed by atoms with van der Waals surface area (Å²) in [5.74, 6) is -1.82. The van der Waals surface area contributed by atoms with Crippen molar-refractivity contribution in [1.29, 1.82) is 0 Å². The van der Waals surface area contributed by atoms with E-state index in [9.17, 15) is 24.8 Å². The Hall–Kier alpha value is -2.71. The Balaban J connectivity index is 2.48. The Bertz CT molecular complexity index is 603. The Morgan fingerprint density at radius 2 is 2.19 bits per heavy atom. The molecule has 1 aromatic rings. The Labute approximate surface area is 119 Å². The lowest BCUT2D eigenvalue weighted by Gasteiger charge is -2.34. The number of carboxylic acids is 1. The highest BCUT2D eigenvalue weighted by molar-refractivity contribution is 5.99. The van der Waals surface area contributed by atoms with Crippen LogP contribution in [-0.2, 0) is 4.79 Å². The van der Waals surface area contributed by atoms with Gasteiger partial charge in [0.1, 0.15) is 18.1 Å². The Morgan fingerprint density at radius 1 is 1.48 bits per heavy atom. The van der Waals surface area contributed by atoms with Gasteiger partial charge >= 0.3 is 5.97 Å². The number of piperidine rings is 1. The van der Waals surface area contributed by atoms with Gasteiger partial charge in [-0.3, -0.25) is 14.9 Å². The molecule has 1 fully saturated rings. The lowest BCUT2D eigenvalue weighted by atomic mass is 10.0. The fraction of sp³-hybridized carbons (Fsp3) is 0.417. The number of nitrogens with zero attached hydrogens (tertiary/aromatic N) is 3. The number of nitro groups is 1.